The number of unbranched alkanes of at least 4 members (excludes halogenated alkanes) is 1. The molecule has 0 heterocycles. The molecule has 0 aromatic heterocycles. The molecule has 0 aliphatic heterocycles. The minimum absolute atomic E-state index is 0.0324. The van der Waals surface area contributed by atoms with Gasteiger partial charge in [-0.25, -0.2) is 10.9 Å². The lowest BCUT2D eigenvalue weighted by atomic mass is 10.0. The Bertz CT molecular complexity index is 310. The van der Waals surface area contributed by atoms with Crippen molar-refractivity contribution in [1.29, 1.82) is 0 Å². The van der Waals surface area contributed by atoms with Crippen molar-refractivity contribution < 1.29 is 19.5 Å². The summed E-state index contributed by atoms with van der Waals surface area (Å²) in [6, 6.07) is -0.402. The molecule has 0 bridgehead atoms. The molecule has 0 saturated heterocycles. The van der Waals surface area contributed by atoms with Gasteiger partial charge in [-0.15, -0.1) is 0 Å². The molecule has 0 aliphatic carbocycles. The molecule has 0 spiro atoms. The van der Waals surface area contributed by atoms with E-state index in [1.165, 1.54) is 0 Å². The number of ketones is 2. The molecular weight excluding hydrogens is 262 g/mol. The van der Waals surface area contributed by atoms with E-state index >= 15 is 0 Å². The summed E-state index contributed by atoms with van der Waals surface area (Å²) in [6.07, 6.45) is 3.06. The molecule has 0 saturated carbocycles. The average Bonchev–Trinajstić information content (AvgIpc) is 2.45. The number of hydrogen-bond donors (Lipinski definition) is 4. The Labute approximate surface area is 119 Å². The van der Waals surface area contributed by atoms with Gasteiger partial charge < -0.3 is 15.6 Å². The van der Waals surface area contributed by atoms with E-state index in [2.05, 4.69) is 10.9 Å². The topological polar surface area (TPSA) is 122 Å². The molecule has 0 radical (unpaired) electrons. The predicted octanol–water partition coefficient (Wildman–Crippen LogP) is -1.07. The van der Waals surface area contributed by atoms with Gasteiger partial charge in [0.25, 0.3) is 0 Å². The Morgan fingerprint density at radius 1 is 1.30 bits per heavy atom. The van der Waals surface area contributed by atoms with Crippen LogP contribution in [0.4, 0.5) is 0 Å². The van der Waals surface area contributed by atoms with E-state index in [-0.39, 0.29) is 25.5 Å². The van der Waals surface area contributed by atoms with Crippen LogP contribution in [0.15, 0.2) is 0 Å². The van der Waals surface area contributed by atoms with Crippen LogP contribution >= 0.6 is 0 Å². The first kappa shape index (κ1) is 18.9. The van der Waals surface area contributed by atoms with Gasteiger partial charge in [-0.3, -0.25) is 9.59 Å². The van der Waals surface area contributed by atoms with Gasteiger partial charge in [-0.1, -0.05) is 13.3 Å². The van der Waals surface area contributed by atoms with E-state index in [0.29, 0.717) is 13.0 Å². The van der Waals surface area contributed by atoms with Crippen molar-refractivity contribution in [2.75, 3.05) is 19.7 Å². The quantitative estimate of drug-likeness (QED) is 0.147. The summed E-state index contributed by atoms with van der Waals surface area (Å²) in [4.78, 5) is 33.7. The lowest BCUT2D eigenvalue weighted by Crippen LogP contribution is -2.45. The van der Waals surface area contributed by atoms with Crippen LogP contribution in [-0.4, -0.2) is 48.7 Å². The third-order valence-corrected chi connectivity index (χ3v) is 2.83. The summed E-state index contributed by atoms with van der Waals surface area (Å²) in [7, 11) is 0. The van der Waals surface area contributed by atoms with Crippen molar-refractivity contribution >= 4 is 17.9 Å². The van der Waals surface area contributed by atoms with Crippen LogP contribution in [0.3, 0.4) is 0 Å². The molecule has 0 aromatic carbocycles. The summed E-state index contributed by atoms with van der Waals surface area (Å²) in [6.45, 7) is 1.98. The fourth-order valence-corrected chi connectivity index (χ4v) is 1.54. The van der Waals surface area contributed by atoms with Crippen molar-refractivity contribution in [3.63, 3.8) is 0 Å². The van der Waals surface area contributed by atoms with Gasteiger partial charge in [0.05, 0.1) is 12.6 Å². The number of carbonyl (C=O) groups is 3. The van der Waals surface area contributed by atoms with E-state index in [1.807, 2.05) is 0 Å². The second-order valence-electron chi connectivity index (χ2n) is 4.86. The van der Waals surface area contributed by atoms with Gasteiger partial charge in [-0.05, 0) is 25.3 Å². The number of aldehydes is 1. The third-order valence-electron chi connectivity index (χ3n) is 2.83. The van der Waals surface area contributed by atoms with E-state index < -0.39 is 17.6 Å². The summed E-state index contributed by atoms with van der Waals surface area (Å²) in [5.41, 5.74) is 10.6. The fraction of sp³-hybridized carbons (Fsp3) is 0.769. The van der Waals surface area contributed by atoms with Crippen molar-refractivity contribution in [2.45, 2.75) is 38.6 Å². The summed E-state index contributed by atoms with van der Waals surface area (Å²) >= 11 is 0. The van der Waals surface area contributed by atoms with Crippen LogP contribution in [0.1, 0.15) is 32.6 Å². The van der Waals surface area contributed by atoms with Crippen molar-refractivity contribution in [3.8, 4) is 0 Å². The van der Waals surface area contributed by atoms with Crippen LogP contribution in [0, 0.1) is 5.92 Å². The van der Waals surface area contributed by atoms with Gasteiger partial charge in [0, 0.05) is 13.0 Å². The third kappa shape index (κ3) is 8.87. The van der Waals surface area contributed by atoms with Gasteiger partial charge in [0.2, 0.25) is 5.78 Å². The number of nitrogens with one attached hydrogen (secondary N) is 2. The standard InChI is InChI=1S/C13H25N3O4/c1-10(8-17)6-12(19)13(20)7-15-16-11(9-18)4-2-3-5-14/h9-11,15-17H,2-8,14H2,1H3/t10?,11-/m1/s1. The van der Waals surface area contributed by atoms with Gasteiger partial charge in [0.15, 0.2) is 5.78 Å². The second-order valence-corrected chi connectivity index (χ2v) is 4.86. The first-order valence-corrected chi connectivity index (χ1v) is 6.85. The zero-order valence-electron chi connectivity index (χ0n) is 11.9. The lowest BCUT2D eigenvalue weighted by molar-refractivity contribution is -0.136. The maximum atomic E-state index is 11.5. The number of carbonyl (C=O) groups excluding carboxylic acids is 3. The van der Waals surface area contributed by atoms with Crippen molar-refractivity contribution in [3.05, 3.63) is 0 Å². The monoisotopic (exact) mass is 287 g/mol. The predicted molar refractivity (Wildman–Crippen MR) is 74.8 cm³/mol. The molecule has 0 aromatic rings. The number of Topliss-reactive ketones (excluding diaryl/α,β-unsaturated/α-hetero) is 2. The van der Waals surface area contributed by atoms with E-state index in [1.54, 1.807) is 6.92 Å². The number of aliphatic hydroxyl groups is 1. The number of nitrogens with two attached hydrogens (primary N) is 1. The largest absolute Gasteiger partial charge is 0.396 e. The Kier molecular flexibility index (Phi) is 11.0. The van der Waals surface area contributed by atoms with Crippen LogP contribution in [0.25, 0.3) is 0 Å². The minimum Gasteiger partial charge on any atom is -0.396 e. The maximum Gasteiger partial charge on any atom is 0.213 e. The highest BCUT2D eigenvalue weighted by Gasteiger charge is 2.16. The molecule has 116 valence electrons. The lowest BCUT2D eigenvalue weighted by Gasteiger charge is -2.13. The van der Waals surface area contributed by atoms with Crippen LogP contribution in [-0.2, 0) is 14.4 Å². The molecule has 7 nitrogen and oxygen atoms in total. The minimum atomic E-state index is -0.565. The molecular formula is C13H25N3O4. The Morgan fingerprint density at radius 2 is 2.00 bits per heavy atom. The SMILES string of the molecule is CC(CO)CC(=O)C(=O)CNN[C@@H](C=O)CCCCN. The number of rotatable bonds is 13. The van der Waals surface area contributed by atoms with E-state index in [9.17, 15) is 14.4 Å². The maximum absolute atomic E-state index is 11.5. The zero-order valence-corrected chi connectivity index (χ0v) is 11.9. The summed E-state index contributed by atoms with van der Waals surface area (Å²) < 4.78 is 0. The van der Waals surface area contributed by atoms with E-state index in [0.717, 1.165) is 19.1 Å². The average molecular weight is 287 g/mol. The Hall–Kier alpha value is -1.15. The summed E-state index contributed by atoms with van der Waals surface area (Å²) in [5.74, 6) is -1.31. The highest BCUT2D eigenvalue weighted by molar-refractivity contribution is 6.38. The smallest absolute Gasteiger partial charge is 0.213 e. The molecule has 20 heavy (non-hydrogen) atoms. The number of aliphatic hydroxyl groups excluding tert-OH is 1. The molecule has 0 aliphatic rings. The highest BCUT2D eigenvalue weighted by Crippen LogP contribution is 2.01. The number of hydrogen-bond acceptors (Lipinski definition) is 7. The second kappa shape index (κ2) is 11.7. The number of hydrazine groups is 1. The van der Waals surface area contributed by atoms with E-state index in [4.69, 9.17) is 10.8 Å². The normalized spacial score (nSPS) is 13.8. The Morgan fingerprint density at radius 3 is 2.55 bits per heavy atom. The highest BCUT2D eigenvalue weighted by atomic mass is 16.3. The van der Waals surface area contributed by atoms with Crippen LogP contribution in [0.2, 0.25) is 0 Å². The van der Waals surface area contributed by atoms with Crippen molar-refractivity contribution in [2.24, 2.45) is 11.7 Å². The summed E-state index contributed by atoms with van der Waals surface area (Å²) in [5, 5.41) is 8.81. The fourth-order valence-electron chi connectivity index (χ4n) is 1.54. The molecule has 7 heteroatoms. The van der Waals surface area contributed by atoms with Crippen LogP contribution in [0.5, 0.6) is 0 Å². The molecule has 0 amide bonds. The zero-order chi connectivity index (χ0) is 15.4. The molecule has 1 unspecified atom stereocenters. The first-order chi connectivity index (χ1) is 9.54. The van der Waals surface area contributed by atoms with Gasteiger partial charge in [0.1, 0.15) is 6.29 Å². The Balaban J connectivity index is 3.87. The molecule has 0 rings (SSSR count). The molecule has 5 N–H and O–H groups in total. The first-order valence-electron chi connectivity index (χ1n) is 6.85. The van der Waals surface area contributed by atoms with Crippen molar-refractivity contribution in [1.82, 2.24) is 10.9 Å². The van der Waals surface area contributed by atoms with Gasteiger partial charge >= 0.3 is 0 Å². The molecule has 0 fully saturated rings. The van der Waals surface area contributed by atoms with Crippen LogP contribution < -0.4 is 16.6 Å². The van der Waals surface area contributed by atoms with Gasteiger partial charge in [-0.2, -0.15) is 0 Å². The molecule has 2 atom stereocenters.